The van der Waals surface area contributed by atoms with Crippen LogP contribution in [0.2, 0.25) is 0 Å². The number of hydrogen-bond donors (Lipinski definition) is 6. The Balaban J connectivity index is 0.000000247. The van der Waals surface area contributed by atoms with Gasteiger partial charge in [0.1, 0.15) is 42.8 Å². The summed E-state index contributed by atoms with van der Waals surface area (Å²) >= 11 is 0. The Morgan fingerprint density at radius 3 is 2.00 bits per heavy atom. The minimum atomic E-state index is -1.01. The van der Waals surface area contributed by atoms with Gasteiger partial charge in [0.05, 0.1) is 12.4 Å². The van der Waals surface area contributed by atoms with E-state index >= 15 is 0 Å². The first-order chi connectivity index (χ1) is 15.6. The van der Waals surface area contributed by atoms with Crippen LogP contribution >= 0.6 is 0 Å². The van der Waals surface area contributed by atoms with Crippen molar-refractivity contribution in [2.24, 2.45) is 17.2 Å². The number of carboxylic acid groups (broad SMARTS) is 3. The van der Waals surface area contributed by atoms with E-state index in [1.165, 1.54) is 6.26 Å². The first kappa shape index (κ1) is 28.4. The summed E-state index contributed by atoms with van der Waals surface area (Å²) in [6, 6.07) is 0.970. The van der Waals surface area contributed by atoms with Crippen LogP contribution in [0.3, 0.4) is 0 Å². The Bertz CT molecular complexity index is 668. The zero-order valence-electron chi connectivity index (χ0n) is 18.4. The second kappa shape index (κ2) is 15.2. The molecule has 2 aliphatic heterocycles. The van der Waals surface area contributed by atoms with E-state index in [9.17, 15) is 14.4 Å². The summed E-state index contributed by atoms with van der Waals surface area (Å²) in [5.74, 6) is -2.32. The Morgan fingerprint density at radius 2 is 1.58 bits per heavy atom. The maximum absolute atomic E-state index is 10.3. The van der Waals surface area contributed by atoms with E-state index in [0.717, 1.165) is 25.9 Å². The van der Waals surface area contributed by atoms with Crippen LogP contribution in [0.5, 0.6) is 0 Å². The highest BCUT2D eigenvalue weighted by atomic mass is 16.5. The molecule has 0 bridgehead atoms. The normalized spacial score (nSPS) is 21.9. The predicted octanol–water partition coefficient (Wildman–Crippen LogP) is -0.0170. The maximum atomic E-state index is 10.3. The molecule has 2 fully saturated rings. The quantitative estimate of drug-likeness (QED) is 0.261. The minimum absolute atomic E-state index is 0.0149. The molecule has 0 amide bonds. The van der Waals surface area contributed by atoms with Crippen molar-refractivity contribution in [1.82, 2.24) is 0 Å². The number of furan rings is 1. The van der Waals surface area contributed by atoms with Crippen LogP contribution in [0.4, 0.5) is 0 Å². The van der Waals surface area contributed by atoms with E-state index in [2.05, 4.69) is 0 Å². The lowest BCUT2D eigenvalue weighted by Gasteiger charge is -2.11. The van der Waals surface area contributed by atoms with E-state index in [1.807, 2.05) is 6.42 Å². The van der Waals surface area contributed by atoms with Crippen LogP contribution in [0.25, 0.3) is 0 Å². The summed E-state index contributed by atoms with van der Waals surface area (Å²) in [5, 5.41) is 25.3. The number of carboxylic acids is 3. The molecule has 1 aromatic heterocycles. The fraction of sp³-hybridized carbons (Fsp3) is 0.619. The molecule has 3 rings (SSSR count). The topological polar surface area (TPSA) is 222 Å². The molecule has 33 heavy (non-hydrogen) atoms. The zero-order valence-corrected chi connectivity index (χ0v) is 18.4. The van der Waals surface area contributed by atoms with Crippen LogP contribution in [0.1, 0.15) is 37.9 Å². The number of nitrogens with two attached hydrogens (primary N) is 3. The third kappa shape index (κ3) is 12.2. The van der Waals surface area contributed by atoms with Gasteiger partial charge in [-0.2, -0.15) is 0 Å². The average molecular weight is 473 g/mol. The summed E-state index contributed by atoms with van der Waals surface area (Å²) < 4.78 is 15.3. The van der Waals surface area contributed by atoms with E-state index in [-0.39, 0.29) is 18.6 Å². The van der Waals surface area contributed by atoms with Gasteiger partial charge in [-0.15, -0.1) is 0 Å². The average Bonchev–Trinajstić information content (AvgIpc) is 3.53. The minimum Gasteiger partial charge on any atom is -0.480 e. The molecular formula is C21H34N3O9+. The number of carbonyl (C=O) groups is 3. The van der Waals surface area contributed by atoms with Gasteiger partial charge in [0, 0.05) is 19.4 Å². The van der Waals surface area contributed by atoms with Gasteiger partial charge in [-0.25, -0.2) is 0 Å². The van der Waals surface area contributed by atoms with Crippen molar-refractivity contribution in [3.63, 3.8) is 0 Å². The van der Waals surface area contributed by atoms with Gasteiger partial charge in [-0.1, -0.05) is 0 Å². The molecule has 12 heteroatoms. The first-order valence-electron chi connectivity index (χ1n) is 10.6. The van der Waals surface area contributed by atoms with Gasteiger partial charge >= 0.3 is 17.9 Å². The fourth-order valence-electron chi connectivity index (χ4n) is 3.02. The second-order valence-electron chi connectivity index (χ2n) is 7.70. The van der Waals surface area contributed by atoms with Crippen molar-refractivity contribution < 1.29 is 43.6 Å². The summed E-state index contributed by atoms with van der Waals surface area (Å²) in [4.78, 5) is 30.9. The van der Waals surface area contributed by atoms with Crippen LogP contribution < -0.4 is 17.2 Å². The molecular weight excluding hydrogens is 438 g/mol. The van der Waals surface area contributed by atoms with Crippen LogP contribution in [0.15, 0.2) is 22.8 Å². The largest absolute Gasteiger partial charge is 0.480 e. The summed E-state index contributed by atoms with van der Waals surface area (Å²) in [7, 11) is 0. The Labute approximate surface area is 192 Å². The molecule has 12 nitrogen and oxygen atoms in total. The van der Waals surface area contributed by atoms with Crippen LogP contribution in [-0.4, -0.2) is 76.8 Å². The van der Waals surface area contributed by atoms with E-state index < -0.39 is 36.0 Å². The third-order valence-corrected chi connectivity index (χ3v) is 4.89. The molecule has 0 aliphatic carbocycles. The highest BCUT2D eigenvalue weighted by Gasteiger charge is 2.27. The molecule has 0 unspecified atom stereocenters. The fourth-order valence-corrected chi connectivity index (χ4v) is 3.02. The summed E-state index contributed by atoms with van der Waals surface area (Å²) in [6.07, 6.45) is 7.44. The summed E-state index contributed by atoms with van der Waals surface area (Å²) in [5.41, 5.74) is 15.9. The third-order valence-electron chi connectivity index (χ3n) is 4.89. The molecule has 0 spiro atoms. The zero-order chi connectivity index (χ0) is 24.8. The molecule has 0 saturated carbocycles. The standard InChI is InChI=1S/C7H13NO3.C7H11NO3.C7H9NO3/c3*8-6(7(9)10)4-5-2-1-3-11-5/h5-6H,1-4,8H2,(H,9,10);1,5-6H,2-4,8H2;1-3,6H,4,8H2,(H,9,10)/p+1/t5-,6+;5-,6-;6-/m100/s1. The lowest BCUT2D eigenvalue weighted by molar-refractivity contribution is -0.140. The van der Waals surface area contributed by atoms with Gasteiger partial charge < -0.3 is 46.4 Å². The SMILES string of the molecule is N[C@@H](C[C@@H]1C[CH+]CO1)C(=O)O.N[C@@H](C[C@H]1CCCO1)C(=O)O.N[C@@H](Cc1ccco1)C(=O)O. The van der Waals surface area contributed by atoms with E-state index in [4.69, 9.17) is 46.4 Å². The predicted molar refractivity (Wildman–Crippen MR) is 116 cm³/mol. The van der Waals surface area contributed by atoms with E-state index in [0.29, 0.717) is 25.2 Å². The molecule has 5 atom stereocenters. The van der Waals surface area contributed by atoms with Gasteiger partial charge in [0.15, 0.2) is 6.61 Å². The Morgan fingerprint density at radius 1 is 0.970 bits per heavy atom. The molecule has 2 aliphatic rings. The van der Waals surface area contributed by atoms with Crippen molar-refractivity contribution in [2.45, 2.75) is 68.9 Å². The molecule has 2 saturated heterocycles. The lowest BCUT2D eigenvalue weighted by Crippen LogP contribution is -2.33. The number of rotatable bonds is 9. The summed E-state index contributed by atoms with van der Waals surface area (Å²) in [6.45, 7) is 1.37. The monoisotopic (exact) mass is 472 g/mol. The molecule has 9 N–H and O–H groups in total. The Hall–Kier alpha value is -2.64. The molecule has 1 aromatic rings. The second-order valence-corrected chi connectivity index (χ2v) is 7.70. The van der Waals surface area contributed by atoms with Crippen LogP contribution in [-0.2, 0) is 30.3 Å². The van der Waals surface area contributed by atoms with Crippen molar-refractivity contribution in [1.29, 1.82) is 0 Å². The van der Waals surface area contributed by atoms with E-state index in [1.54, 1.807) is 12.1 Å². The van der Waals surface area contributed by atoms with Gasteiger partial charge in [-0.3, -0.25) is 14.4 Å². The van der Waals surface area contributed by atoms with Crippen molar-refractivity contribution >= 4 is 17.9 Å². The maximum Gasteiger partial charge on any atom is 0.320 e. The number of ether oxygens (including phenoxy) is 2. The first-order valence-corrected chi connectivity index (χ1v) is 10.6. The molecule has 3 heterocycles. The van der Waals surface area contributed by atoms with Gasteiger partial charge in [0.2, 0.25) is 0 Å². The smallest absolute Gasteiger partial charge is 0.320 e. The highest BCUT2D eigenvalue weighted by Crippen LogP contribution is 2.16. The van der Waals surface area contributed by atoms with Gasteiger partial charge in [-0.05, 0) is 31.4 Å². The Kier molecular flexibility index (Phi) is 13.1. The van der Waals surface area contributed by atoms with Crippen molar-refractivity contribution in [3.05, 3.63) is 30.6 Å². The highest BCUT2D eigenvalue weighted by molar-refractivity contribution is 5.73. The molecule has 0 aromatic carbocycles. The molecule has 0 radical (unpaired) electrons. The van der Waals surface area contributed by atoms with Gasteiger partial charge in [0.25, 0.3) is 0 Å². The lowest BCUT2D eigenvalue weighted by atomic mass is 10.1. The van der Waals surface area contributed by atoms with Crippen LogP contribution in [0, 0.1) is 6.42 Å². The number of hydrogen-bond acceptors (Lipinski definition) is 9. The van der Waals surface area contributed by atoms with Crippen molar-refractivity contribution in [3.8, 4) is 0 Å². The number of aliphatic carboxylic acids is 3. The van der Waals surface area contributed by atoms with Crippen molar-refractivity contribution in [2.75, 3.05) is 13.2 Å². The molecule has 186 valence electrons.